The first-order chi connectivity index (χ1) is 11.1. The maximum atomic E-state index is 5.85. The maximum Gasteiger partial charge on any atom is 0.181 e. The molecule has 124 valence electrons. The molecule has 3 heterocycles. The molecule has 0 radical (unpaired) electrons. The predicted molar refractivity (Wildman–Crippen MR) is 87.5 cm³/mol. The summed E-state index contributed by atoms with van der Waals surface area (Å²) in [6.45, 7) is 10.4. The minimum Gasteiger partial charge on any atom is -0.366 e. The highest BCUT2D eigenvalue weighted by Crippen LogP contribution is 2.24. The first-order valence-corrected chi connectivity index (χ1v) is 8.20. The van der Waals surface area contributed by atoms with E-state index in [1.165, 1.54) is 0 Å². The van der Waals surface area contributed by atoms with Gasteiger partial charge < -0.3 is 9.64 Å². The van der Waals surface area contributed by atoms with Crippen LogP contribution in [0.4, 0.5) is 5.82 Å². The molecule has 3 rings (SSSR count). The fraction of sp³-hybridized carbons (Fsp3) is 0.625. The summed E-state index contributed by atoms with van der Waals surface area (Å²) < 4.78 is 5.85. The standard InChI is InChI=1S/C16H24N6O/c1-5-13-18-16(21-20-13)12-9-22(6-7-23-12)14-8-11(4)17-15(19-14)10(2)3/h8,10,12H,5-7,9H2,1-4H3,(H,18,20,21). The smallest absolute Gasteiger partial charge is 0.181 e. The van der Waals surface area contributed by atoms with Crippen LogP contribution in [-0.4, -0.2) is 44.8 Å². The number of rotatable bonds is 4. The van der Waals surface area contributed by atoms with Crippen LogP contribution in [0.3, 0.4) is 0 Å². The zero-order valence-corrected chi connectivity index (χ0v) is 14.2. The lowest BCUT2D eigenvalue weighted by Crippen LogP contribution is -2.39. The molecule has 1 fully saturated rings. The lowest BCUT2D eigenvalue weighted by atomic mass is 10.2. The van der Waals surface area contributed by atoms with Gasteiger partial charge in [0.1, 0.15) is 23.6 Å². The van der Waals surface area contributed by atoms with Crippen LogP contribution in [-0.2, 0) is 11.2 Å². The number of ether oxygens (including phenoxy) is 1. The Labute approximate surface area is 136 Å². The number of morpholine rings is 1. The Morgan fingerprint density at radius 1 is 1.35 bits per heavy atom. The molecule has 0 spiro atoms. The van der Waals surface area contributed by atoms with Gasteiger partial charge in [0, 0.05) is 30.6 Å². The normalized spacial score (nSPS) is 18.7. The van der Waals surface area contributed by atoms with Crippen molar-refractivity contribution in [3.63, 3.8) is 0 Å². The molecule has 0 aromatic carbocycles. The van der Waals surface area contributed by atoms with Crippen LogP contribution in [0, 0.1) is 6.92 Å². The quantitative estimate of drug-likeness (QED) is 0.931. The number of nitrogens with zero attached hydrogens (tertiary/aromatic N) is 5. The average Bonchev–Trinajstić information content (AvgIpc) is 3.03. The highest BCUT2D eigenvalue weighted by atomic mass is 16.5. The van der Waals surface area contributed by atoms with Crippen molar-refractivity contribution in [3.8, 4) is 0 Å². The third-order valence-electron chi connectivity index (χ3n) is 3.94. The molecule has 1 unspecified atom stereocenters. The van der Waals surface area contributed by atoms with Crippen LogP contribution in [0.1, 0.15) is 56.0 Å². The number of H-pyrrole nitrogens is 1. The van der Waals surface area contributed by atoms with Crippen LogP contribution in [0.5, 0.6) is 0 Å². The van der Waals surface area contributed by atoms with E-state index in [2.05, 4.69) is 45.8 Å². The second-order valence-electron chi connectivity index (χ2n) is 6.18. The van der Waals surface area contributed by atoms with Crippen LogP contribution in [0.25, 0.3) is 0 Å². The largest absolute Gasteiger partial charge is 0.366 e. The molecule has 1 saturated heterocycles. The number of nitrogens with one attached hydrogen (secondary N) is 1. The third kappa shape index (κ3) is 3.50. The Hall–Kier alpha value is -2.02. The van der Waals surface area contributed by atoms with E-state index in [4.69, 9.17) is 9.72 Å². The van der Waals surface area contributed by atoms with E-state index in [0.717, 1.165) is 42.0 Å². The van der Waals surface area contributed by atoms with Crippen molar-refractivity contribution in [2.24, 2.45) is 0 Å². The SMILES string of the molecule is CCc1nc(C2CN(c3cc(C)nc(C(C)C)n3)CCO2)n[nH]1. The lowest BCUT2D eigenvalue weighted by molar-refractivity contribution is 0.0339. The highest BCUT2D eigenvalue weighted by Gasteiger charge is 2.26. The maximum absolute atomic E-state index is 5.85. The molecule has 23 heavy (non-hydrogen) atoms. The van der Waals surface area contributed by atoms with Gasteiger partial charge in [-0.05, 0) is 6.92 Å². The highest BCUT2D eigenvalue weighted by molar-refractivity contribution is 5.41. The first kappa shape index (κ1) is 15.9. The molecule has 2 aromatic rings. The van der Waals surface area contributed by atoms with Crippen molar-refractivity contribution in [3.05, 3.63) is 29.2 Å². The predicted octanol–water partition coefficient (Wildman–Crippen LogP) is 2.17. The average molecular weight is 316 g/mol. The summed E-state index contributed by atoms with van der Waals surface area (Å²) in [7, 11) is 0. The van der Waals surface area contributed by atoms with E-state index >= 15 is 0 Å². The van der Waals surface area contributed by atoms with Gasteiger partial charge >= 0.3 is 0 Å². The molecule has 1 atom stereocenters. The van der Waals surface area contributed by atoms with E-state index in [1.54, 1.807) is 0 Å². The van der Waals surface area contributed by atoms with Crippen molar-refractivity contribution in [2.75, 3.05) is 24.6 Å². The van der Waals surface area contributed by atoms with E-state index in [9.17, 15) is 0 Å². The van der Waals surface area contributed by atoms with Crippen LogP contribution in [0.2, 0.25) is 0 Å². The van der Waals surface area contributed by atoms with Crippen molar-refractivity contribution in [1.82, 2.24) is 25.1 Å². The summed E-state index contributed by atoms with van der Waals surface area (Å²) in [5.41, 5.74) is 0.993. The minimum absolute atomic E-state index is 0.127. The van der Waals surface area contributed by atoms with Gasteiger partial charge in [0.2, 0.25) is 0 Å². The van der Waals surface area contributed by atoms with Crippen molar-refractivity contribution >= 4 is 5.82 Å². The van der Waals surface area contributed by atoms with Crippen molar-refractivity contribution in [1.29, 1.82) is 0 Å². The van der Waals surface area contributed by atoms with E-state index in [1.807, 2.05) is 13.0 Å². The summed E-state index contributed by atoms with van der Waals surface area (Å²) in [6.07, 6.45) is 0.713. The van der Waals surface area contributed by atoms with Gasteiger partial charge in [0.15, 0.2) is 5.82 Å². The van der Waals surface area contributed by atoms with E-state index in [0.29, 0.717) is 19.1 Å². The number of hydrogen-bond donors (Lipinski definition) is 1. The number of aryl methyl sites for hydroxylation is 2. The molecule has 0 saturated carbocycles. The summed E-state index contributed by atoms with van der Waals surface area (Å²) >= 11 is 0. The van der Waals surface area contributed by atoms with Crippen LogP contribution >= 0.6 is 0 Å². The number of aromatic nitrogens is 5. The Bertz CT molecular complexity index is 668. The Morgan fingerprint density at radius 2 is 2.17 bits per heavy atom. The molecular formula is C16H24N6O. The molecule has 1 N–H and O–H groups in total. The van der Waals surface area contributed by atoms with Gasteiger partial charge in [-0.15, -0.1) is 0 Å². The van der Waals surface area contributed by atoms with Crippen LogP contribution in [0.15, 0.2) is 6.07 Å². The molecule has 0 amide bonds. The molecule has 7 nitrogen and oxygen atoms in total. The Kier molecular flexibility index (Phi) is 4.56. The summed E-state index contributed by atoms with van der Waals surface area (Å²) in [4.78, 5) is 16.0. The topological polar surface area (TPSA) is 79.8 Å². The molecule has 0 aliphatic carbocycles. The van der Waals surface area contributed by atoms with E-state index < -0.39 is 0 Å². The zero-order chi connectivity index (χ0) is 16.4. The van der Waals surface area contributed by atoms with Gasteiger partial charge in [-0.3, -0.25) is 5.10 Å². The van der Waals surface area contributed by atoms with Crippen molar-refractivity contribution < 1.29 is 4.74 Å². The van der Waals surface area contributed by atoms with Gasteiger partial charge in [-0.2, -0.15) is 5.10 Å². The fourth-order valence-electron chi connectivity index (χ4n) is 2.62. The third-order valence-corrected chi connectivity index (χ3v) is 3.94. The number of aromatic amines is 1. The second-order valence-corrected chi connectivity index (χ2v) is 6.18. The molecule has 0 bridgehead atoms. The monoisotopic (exact) mass is 316 g/mol. The summed E-state index contributed by atoms with van der Waals surface area (Å²) in [5, 5.41) is 7.24. The molecule has 7 heteroatoms. The summed E-state index contributed by atoms with van der Waals surface area (Å²) in [6, 6.07) is 2.03. The molecular weight excluding hydrogens is 292 g/mol. The molecule has 2 aromatic heterocycles. The van der Waals surface area contributed by atoms with Crippen LogP contribution < -0.4 is 4.90 Å². The second kappa shape index (κ2) is 6.62. The van der Waals surface area contributed by atoms with Gasteiger partial charge in [-0.1, -0.05) is 20.8 Å². The van der Waals surface area contributed by atoms with Gasteiger partial charge in [0.05, 0.1) is 13.2 Å². The van der Waals surface area contributed by atoms with Crippen molar-refractivity contribution in [2.45, 2.75) is 46.1 Å². The lowest BCUT2D eigenvalue weighted by Gasteiger charge is -2.32. The zero-order valence-electron chi connectivity index (χ0n) is 14.2. The van der Waals surface area contributed by atoms with Gasteiger partial charge in [-0.25, -0.2) is 15.0 Å². The Balaban J connectivity index is 1.80. The molecule has 1 aliphatic heterocycles. The number of anilines is 1. The summed E-state index contributed by atoms with van der Waals surface area (Å²) in [5.74, 6) is 3.77. The fourth-order valence-corrected chi connectivity index (χ4v) is 2.62. The first-order valence-electron chi connectivity index (χ1n) is 8.20. The Morgan fingerprint density at radius 3 is 2.87 bits per heavy atom. The van der Waals surface area contributed by atoms with E-state index in [-0.39, 0.29) is 6.10 Å². The van der Waals surface area contributed by atoms with Gasteiger partial charge in [0.25, 0.3) is 0 Å². The minimum atomic E-state index is -0.127. The molecule has 1 aliphatic rings. The number of hydrogen-bond acceptors (Lipinski definition) is 6.